The lowest BCUT2D eigenvalue weighted by molar-refractivity contribution is -0.138. The van der Waals surface area contributed by atoms with E-state index in [4.69, 9.17) is 5.11 Å². The van der Waals surface area contributed by atoms with Crippen LogP contribution in [0.15, 0.2) is 18.3 Å². The zero-order valence-electron chi connectivity index (χ0n) is 9.50. The van der Waals surface area contributed by atoms with Crippen LogP contribution in [0.5, 0.6) is 0 Å². The van der Waals surface area contributed by atoms with Crippen molar-refractivity contribution >= 4 is 17.1 Å². The van der Waals surface area contributed by atoms with Crippen LogP contribution in [0.1, 0.15) is 25.1 Å². The minimum atomic E-state index is -0.724. The summed E-state index contributed by atoms with van der Waals surface area (Å²) >= 11 is 0. The molecule has 1 fully saturated rings. The third kappa shape index (κ3) is 1.50. The molecule has 0 spiro atoms. The van der Waals surface area contributed by atoms with Gasteiger partial charge in [-0.3, -0.25) is 4.79 Å². The van der Waals surface area contributed by atoms with Crippen molar-refractivity contribution in [3.05, 3.63) is 24.2 Å². The third-order valence-corrected chi connectivity index (χ3v) is 3.29. The Morgan fingerprint density at radius 3 is 3.12 bits per heavy atom. The summed E-state index contributed by atoms with van der Waals surface area (Å²) in [4.78, 5) is 19.7. The van der Waals surface area contributed by atoms with Crippen LogP contribution in [0.3, 0.4) is 0 Å². The van der Waals surface area contributed by atoms with Gasteiger partial charge in [-0.1, -0.05) is 0 Å². The van der Waals surface area contributed by atoms with Gasteiger partial charge in [-0.05, 0) is 25.5 Å². The SMILES string of the molecule is CCn1c(C2CC2C(=O)O)nc2cccnc21. The minimum Gasteiger partial charge on any atom is -0.481 e. The van der Waals surface area contributed by atoms with E-state index in [2.05, 4.69) is 9.97 Å². The van der Waals surface area contributed by atoms with E-state index in [0.29, 0.717) is 6.42 Å². The van der Waals surface area contributed by atoms with E-state index in [1.165, 1.54) is 0 Å². The summed E-state index contributed by atoms with van der Waals surface area (Å²) < 4.78 is 2.02. The number of imidazole rings is 1. The van der Waals surface area contributed by atoms with E-state index in [-0.39, 0.29) is 11.8 Å². The van der Waals surface area contributed by atoms with Crippen molar-refractivity contribution in [3.8, 4) is 0 Å². The first-order chi connectivity index (χ1) is 8.22. The summed E-state index contributed by atoms with van der Waals surface area (Å²) in [6.07, 6.45) is 2.43. The second kappa shape index (κ2) is 3.55. The Hall–Kier alpha value is -1.91. The van der Waals surface area contributed by atoms with Crippen molar-refractivity contribution in [1.29, 1.82) is 0 Å². The molecular weight excluding hydrogens is 218 g/mol. The summed E-state index contributed by atoms with van der Waals surface area (Å²) in [6, 6.07) is 3.76. The zero-order chi connectivity index (χ0) is 12.0. The number of carbonyl (C=O) groups is 1. The lowest BCUT2D eigenvalue weighted by Gasteiger charge is -2.03. The molecule has 1 saturated carbocycles. The van der Waals surface area contributed by atoms with Crippen LogP contribution in [0.4, 0.5) is 0 Å². The number of hydrogen-bond acceptors (Lipinski definition) is 3. The highest BCUT2D eigenvalue weighted by atomic mass is 16.4. The molecule has 2 atom stereocenters. The average molecular weight is 231 g/mol. The van der Waals surface area contributed by atoms with Gasteiger partial charge in [0.1, 0.15) is 11.3 Å². The molecular formula is C12H13N3O2. The van der Waals surface area contributed by atoms with E-state index in [9.17, 15) is 4.79 Å². The van der Waals surface area contributed by atoms with E-state index >= 15 is 0 Å². The van der Waals surface area contributed by atoms with E-state index in [1.54, 1.807) is 6.20 Å². The number of aromatic nitrogens is 3. The van der Waals surface area contributed by atoms with E-state index in [1.807, 2.05) is 23.6 Å². The van der Waals surface area contributed by atoms with Crippen LogP contribution < -0.4 is 0 Å². The van der Waals surface area contributed by atoms with Gasteiger partial charge in [0.2, 0.25) is 0 Å². The number of rotatable bonds is 3. The standard InChI is InChI=1S/C12H13N3O2/c1-2-15-10(7-6-8(7)12(16)17)14-9-4-3-5-13-11(9)15/h3-5,7-8H,2,6H2,1H3,(H,16,17). The van der Waals surface area contributed by atoms with Gasteiger partial charge >= 0.3 is 5.97 Å². The molecule has 17 heavy (non-hydrogen) atoms. The maximum Gasteiger partial charge on any atom is 0.307 e. The van der Waals surface area contributed by atoms with Gasteiger partial charge in [-0.15, -0.1) is 0 Å². The van der Waals surface area contributed by atoms with Crippen molar-refractivity contribution < 1.29 is 9.90 Å². The largest absolute Gasteiger partial charge is 0.481 e. The normalized spacial score (nSPS) is 22.9. The summed E-state index contributed by atoms with van der Waals surface area (Å²) in [7, 11) is 0. The fourth-order valence-corrected chi connectivity index (χ4v) is 2.32. The number of fused-ring (bicyclic) bond motifs is 1. The molecule has 1 aliphatic carbocycles. The fourth-order valence-electron chi connectivity index (χ4n) is 2.32. The predicted octanol–water partition coefficient (Wildman–Crippen LogP) is 1.64. The van der Waals surface area contributed by atoms with Crippen LogP contribution >= 0.6 is 0 Å². The number of aryl methyl sites for hydroxylation is 1. The molecule has 0 radical (unpaired) electrons. The molecule has 0 aromatic carbocycles. The maximum atomic E-state index is 10.9. The molecule has 88 valence electrons. The summed E-state index contributed by atoms with van der Waals surface area (Å²) in [5.41, 5.74) is 1.70. The molecule has 2 heterocycles. The first-order valence-electron chi connectivity index (χ1n) is 5.76. The predicted molar refractivity (Wildman–Crippen MR) is 61.7 cm³/mol. The minimum absolute atomic E-state index is 0.0571. The van der Waals surface area contributed by atoms with E-state index < -0.39 is 5.97 Å². The topological polar surface area (TPSA) is 68.0 Å². The lowest BCUT2D eigenvalue weighted by Crippen LogP contribution is -2.05. The second-order valence-corrected chi connectivity index (χ2v) is 4.35. The van der Waals surface area contributed by atoms with Gasteiger partial charge in [0.05, 0.1) is 5.92 Å². The Kier molecular flexibility index (Phi) is 2.14. The molecule has 3 rings (SSSR count). The number of pyridine rings is 1. The van der Waals surface area contributed by atoms with Gasteiger partial charge in [-0.25, -0.2) is 9.97 Å². The highest BCUT2D eigenvalue weighted by Gasteiger charge is 2.47. The van der Waals surface area contributed by atoms with Gasteiger partial charge in [0.15, 0.2) is 5.65 Å². The van der Waals surface area contributed by atoms with Crippen LogP contribution in [0.25, 0.3) is 11.2 Å². The Morgan fingerprint density at radius 2 is 2.47 bits per heavy atom. The highest BCUT2D eigenvalue weighted by molar-refractivity contribution is 5.76. The van der Waals surface area contributed by atoms with Crippen LogP contribution in [0, 0.1) is 5.92 Å². The number of aliphatic carboxylic acids is 1. The number of carboxylic acid groups (broad SMARTS) is 1. The molecule has 0 saturated heterocycles. The Morgan fingerprint density at radius 1 is 1.65 bits per heavy atom. The van der Waals surface area contributed by atoms with Crippen LogP contribution in [0.2, 0.25) is 0 Å². The molecule has 1 N–H and O–H groups in total. The number of hydrogen-bond donors (Lipinski definition) is 1. The summed E-state index contributed by atoms with van der Waals surface area (Å²) in [5.74, 6) is -0.0648. The molecule has 2 aromatic rings. The van der Waals surface area contributed by atoms with Gasteiger partial charge < -0.3 is 9.67 Å². The summed E-state index contributed by atoms with van der Waals surface area (Å²) in [5, 5.41) is 8.97. The van der Waals surface area contributed by atoms with Gasteiger partial charge in [0, 0.05) is 18.7 Å². The second-order valence-electron chi connectivity index (χ2n) is 4.35. The lowest BCUT2D eigenvalue weighted by atomic mass is 10.3. The van der Waals surface area contributed by atoms with Gasteiger partial charge in [0.25, 0.3) is 0 Å². The van der Waals surface area contributed by atoms with Crippen LogP contribution in [-0.2, 0) is 11.3 Å². The van der Waals surface area contributed by atoms with Crippen molar-refractivity contribution in [2.45, 2.75) is 25.8 Å². The quantitative estimate of drug-likeness (QED) is 0.871. The highest BCUT2D eigenvalue weighted by Crippen LogP contribution is 2.47. The number of nitrogens with zero attached hydrogens (tertiary/aromatic N) is 3. The van der Waals surface area contributed by atoms with Gasteiger partial charge in [-0.2, -0.15) is 0 Å². The number of carboxylic acids is 1. The molecule has 1 aliphatic rings. The maximum absolute atomic E-state index is 10.9. The molecule has 5 nitrogen and oxygen atoms in total. The van der Waals surface area contributed by atoms with Crippen LogP contribution in [-0.4, -0.2) is 25.6 Å². The Labute approximate surface area is 98.1 Å². The van der Waals surface area contributed by atoms with Crippen molar-refractivity contribution in [2.75, 3.05) is 0 Å². The molecule has 2 aromatic heterocycles. The first-order valence-corrected chi connectivity index (χ1v) is 5.76. The Balaban J connectivity index is 2.08. The summed E-state index contributed by atoms with van der Waals surface area (Å²) in [6.45, 7) is 2.79. The smallest absolute Gasteiger partial charge is 0.307 e. The van der Waals surface area contributed by atoms with Crippen molar-refractivity contribution in [3.63, 3.8) is 0 Å². The molecule has 2 unspecified atom stereocenters. The monoisotopic (exact) mass is 231 g/mol. The Bertz CT molecular complexity index is 590. The molecule has 0 bridgehead atoms. The third-order valence-electron chi connectivity index (χ3n) is 3.29. The van der Waals surface area contributed by atoms with Crippen molar-refractivity contribution in [2.24, 2.45) is 5.92 Å². The first kappa shape index (κ1) is 10.3. The van der Waals surface area contributed by atoms with E-state index in [0.717, 1.165) is 23.5 Å². The molecule has 0 amide bonds. The average Bonchev–Trinajstić information content (AvgIpc) is 3.04. The zero-order valence-corrected chi connectivity index (χ0v) is 9.50. The fraction of sp³-hybridized carbons (Fsp3) is 0.417. The molecule has 5 heteroatoms. The van der Waals surface area contributed by atoms with Crippen molar-refractivity contribution in [1.82, 2.24) is 14.5 Å². The molecule has 0 aliphatic heterocycles.